The van der Waals surface area contributed by atoms with Gasteiger partial charge in [0.05, 0.1) is 6.33 Å². The van der Waals surface area contributed by atoms with Gasteiger partial charge in [-0.3, -0.25) is 4.79 Å². The van der Waals surface area contributed by atoms with Gasteiger partial charge < -0.3 is 4.57 Å². The SMILES string of the molecule is Cn1cncc(C(C)(C)C)c1=O. The highest BCUT2D eigenvalue weighted by Gasteiger charge is 2.17. The fourth-order valence-electron chi connectivity index (χ4n) is 1.02. The van der Waals surface area contributed by atoms with E-state index in [1.54, 1.807) is 13.2 Å². The quantitative estimate of drug-likeness (QED) is 0.578. The molecule has 0 bridgehead atoms. The molecule has 0 amide bonds. The predicted molar refractivity (Wildman–Crippen MR) is 48.2 cm³/mol. The van der Waals surface area contributed by atoms with Crippen molar-refractivity contribution in [2.45, 2.75) is 26.2 Å². The van der Waals surface area contributed by atoms with Gasteiger partial charge >= 0.3 is 0 Å². The predicted octanol–water partition coefficient (Wildman–Crippen LogP) is 1.08. The molecular weight excluding hydrogens is 152 g/mol. The summed E-state index contributed by atoms with van der Waals surface area (Å²) in [5.41, 5.74) is 0.674. The molecule has 66 valence electrons. The molecule has 1 rings (SSSR count). The number of hydrogen-bond donors (Lipinski definition) is 0. The van der Waals surface area contributed by atoms with Crippen LogP contribution in [0.2, 0.25) is 0 Å². The van der Waals surface area contributed by atoms with Crippen LogP contribution >= 0.6 is 0 Å². The van der Waals surface area contributed by atoms with E-state index in [9.17, 15) is 4.79 Å². The first-order valence-corrected chi connectivity index (χ1v) is 3.94. The maximum atomic E-state index is 11.5. The van der Waals surface area contributed by atoms with Gasteiger partial charge in [-0.2, -0.15) is 0 Å². The fourth-order valence-corrected chi connectivity index (χ4v) is 1.02. The van der Waals surface area contributed by atoms with Crippen LogP contribution in [-0.4, -0.2) is 9.55 Å². The second-order valence-electron chi connectivity index (χ2n) is 3.97. The summed E-state index contributed by atoms with van der Waals surface area (Å²) in [4.78, 5) is 15.5. The monoisotopic (exact) mass is 166 g/mol. The Morgan fingerprint density at radius 2 is 2.00 bits per heavy atom. The minimum Gasteiger partial charge on any atom is -0.302 e. The van der Waals surface area contributed by atoms with E-state index in [-0.39, 0.29) is 11.0 Å². The summed E-state index contributed by atoms with van der Waals surface area (Å²) in [5.74, 6) is 0. The first kappa shape index (κ1) is 8.97. The van der Waals surface area contributed by atoms with E-state index in [2.05, 4.69) is 4.98 Å². The van der Waals surface area contributed by atoms with Crippen molar-refractivity contribution in [1.29, 1.82) is 0 Å². The number of rotatable bonds is 0. The van der Waals surface area contributed by atoms with Gasteiger partial charge in [-0.05, 0) is 5.41 Å². The first-order valence-electron chi connectivity index (χ1n) is 3.94. The summed E-state index contributed by atoms with van der Waals surface area (Å²) in [6.07, 6.45) is 3.17. The van der Waals surface area contributed by atoms with Crippen molar-refractivity contribution < 1.29 is 0 Å². The van der Waals surface area contributed by atoms with E-state index in [0.29, 0.717) is 0 Å². The second kappa shape index (κ2) is 2.73. The molecular formula is C9H14N2O. The van der Waals surface area contributed by atoms with Crippen molar-refractivity contribution in [3.8, 4) is 0 Å². The summed E-state index contributed by atoms with van der Waals surface area (Å²) in [5, 5.41) is 0. The Bertz CT molecular complexity index is 333. The fraction of sp³-hybridized carbons (Fsp3) is 0.556. The maximum Gasteiger partial charge on any atom is 0.256 e. The van der Waals surface area contributed by atoms with Crippen molar-refractivity contribution in [3.05, 3.63) is 28.4 Å². The third-order valence-corrected chi connectivity index (χ3v) is 1.80. The number of nitrogens with zero attached hydrogens (tertiary/aromatic N) is 2. The normalized spacial score (nSPS) is 11.7. The molecule has 0 saturated carbocycles. The van der Waals surface area contributed by atoms with E-state index in [1.807, 2.05) is 20.8 Å². The van der Waals surface area contributed by atoms with Crippen molar-refractivity contribution in [3.63, 3.8) is 0 Å². The van der Waals surface area contributed by atoms with E-state index in [4.69, 9.17) is 0 Å². The molecule has 3 heteroatoms. The largest absolute Gasteiger partial charge is 0.302 e. The smallest absolute Gasteiger partial charge is 0.256 e. The maximum absolute atomic E-state index is 11.5. The van der Waals surface area contributed by atoms with Crippen LogP contribution < -0.4 is 5.56 Å². The molecule has 1 aromatic rings. The van der Waals surface area contributed by atoms with Crippen LogP contribution in [0.3, 0.4) is 0 Å². The van der Waals surface area contributed by atoms with Crippen LogP contribution in [-0.2, 0) is 12.5 Å². The summed E-state index contributed by atoms with van der Waals surface area (Å²) in [6, 6.07) is 0. The lowest BCUT2D eigenvalue weighted by Gasteiger charge is -2.17. The molecule has 0 saturated heterocycles. The highest BCUT2D eigenvalue weighted by Crippen LogP contribution is 2.16. The van der Waals surface area contributed by atoms with Gasteiger partial charge in [0.25, 0.3) is 5.56 Å². The zero-order valence-electron chi connectivity index (χ0n) is 7.96. The zero-order valence-corrected chi connectivity index (χ0v) is 7.96. The lowest BCUT2D eigenvalue weighted by Crippen LogP contribution is -2.28. The molecule has 0 N–H and O–H groups in total. The number of hydrogen-bond acceptors (Lipinski definition) is 2. The molecule has 0 aromatic carbocycles. The standard InChI is InChI=1S/C9H14N2O/c1-9(2,3)7-5-10-6-11(4)8(7)12/h5-6H,1-4H3. The Morgan fingerprint density at radius 3 is 2.42 bits per heavy atom. The van der Waals surface area contributed by atoms with Crippen molar-refractivity contribution in [1.82, 2.24) is 9.55 Å². The third kappa shape index (κ3) is 1.55. The van der Waals surface area contributed by atoms with E-state index in [1.165, 1.54) is 10.9 Å². The lowest BCUT2D eigenvalue weighted by molar-refractivity contribution is 0.567. The van der Waals surface area contributed by atoms with E-state index < -0.39 is 0 Å². The summed E-state index contributed by atoms with van der Waals surface area (Å²) in [6.45, 7) is 6.02. The molecule has 1 aromatic heterocycles. The Hall–Kier alpha value is -1.12. The molecule has 0 fully saturated rings. The molecule has 12 heavy (non-hydrogen) atoms. The molecule has 0 aliphatic rings. The summed E-state index contributed by atoms with van der Waals surface area (Å²) in [7, 11) is 1.71. The molecule has 0 atom stereocenters. The average Bonchev–Trinajstić information content (AvgIpc) is 1.92. The van der Waals surface area contributed by atoms with Gasteiger partial charge in [-0.15, -0.1) is 0 Å². The van der Waals surface area contributed by atoms with Gasteiger partial charge in [0, 0.05) is 18.8 Å². The zero-order chi connectivity index (χ0) is 9.35. The molecule has 0 aliphatic heterocycles. The van der Waals surface area contributed by atoms with Crippen molar-refractivity contribution in [2.75, 3.05) is 0 Å². The van der Waals surface area contributed by atoms with Crippen molar-refractivity contribution in [2.24, 2.45) is 7.05 Å². The minimum absolute atomic E-state index is 0.0394. The highest BCUT2D eigenvalue weighted by molar-refractivity contribution is 5.14. The van der Waals surface area contributed by atoms with E-state index in [0.717, 1.165) is 5.56 Å². The second-order valence-corrected chi connectivity index (χ2v) is 3.97. The summed E-state index contributed by atoms with van der Waals surface area (Å²) < 4.78 is 1.50. The van der Waals surface area contributed by atoms with Crippen LogP contribution in [0.4, 0.5) is 0 Å². The third-order valence-electron chi connectivity index (χ3n) is 1.80. The van der Waals surface area contributed by atoms with Gasteiger partial charge in [-0.25, -0.2) is 4.98 Å². The van der Waals surface area contributed by atoms with Gasteiger partial charge in [0.1, 0.15) is 0 Å². The Morgan fingerprint density at radius 1 is 1.42 bits per heavy atom. The lowest BCUT2D eigenvalue weighted by atomic mass is 9.89. The van der Waals surface area contributed by atoms with Crippen LogP contribution in [0.1, 0.15) is 26.3 Å². The molecule has 0 radical (unpaired) electrons. The van der Waals surface area contributed by atoms with Gasteiger partial charge in [0.2, 0.25) is 0 Å². The van der Waals surface area contributed by atoms with Crippen LogP contribution in [0.15, 0.2) is 17.3 Å². The number of aromatic nitrogens is 2. The van der Waals surface area contributed by atoms with Gasteiger partial charge in [-0.1, -0.05) is 20.8 Å². The Kier molecular flexibility index (Phi) is 2.04. The number of aryl methyl sites for hydroxylation is 1. The first-order chi connectivity index (χ1) is 5.43. The van der Waals surface area contributed by atoms with E-state index >= 15 is 0 Å². The highest BCUT2D eigenvalue weighted by atomic mass is 16.1. The molecule has 3 nitrogen and oxygen atoms in total. The summed E-state index contributed by atoms with van der Waals surface area (Å²) >= 11 is 0. The molecule has 0 unspecified atom stereocenters. The van der Waals surface area contributed by atoms with Crippen LogP contribution in [0.25, 0.3) is 0 Å². The molecule has 1 heterocycles. The molecule has 0 spiro atoms. The van der Waals surface area contributed by atoms with Gasteiger partial charge in [0.15, 0.2) is 0 Å². The molecule has 0 aliphatic carbocycles. The van der Waals surface area contributed by atoms with Crippen molar-refractivity contribution >= 4 is 0 Å². The average molecular weight is 166 g/mol. The minimum atomic E-state index is -0.122. The Balaban J connectivity index is 3.37. The Labute approximate surface area is 72.1 Å². The van der Waals surface area contributed by atoms with Crippen LogP contribution in [0, 0.1) is 0 Å². The van der Waals surface area contributed by atoms with Crippen LogP contribution in [0.5, 0.6) is 0 Å². The topological polar surface area (TPSA) is 34.9 Å².